The summed E-state index contributed by atoms with van der Waals surface area (Å²) in [6.45, 7) is 2.11. The molecule has 0 bridgehead atoms. The molecule has 0 saturated carbocycles. The van der Waals surface area contributed by atoms with Crippen LogP contribution in [0.4, 0.5) is 5.69 Å². The van der Waals surface area contributed by atoms with Crippen molar-refractivity contribution in [3.05, 3.63) is 60.4 Å². The van der Waals surface area contributed by atoms with Gasteiger partial charge in [-0.15, -0.1) is 0 Å². The molecule has 0 atom stereocenters. The standard InChI is InChI=1S/C14H13N3O6/c1-2-23-10-5-3-4-8(12(10)18)6-7-9-11(17(21)22)13(19)16-14(20)15-9/h3-7,18H,2H2,1H3,(H2,15,16,19,20). The Bertz CT molecular complexity index is 881. The van der Waals surface area contributed by atoms with E-state index in [0.29, 0.717) is 12.2 Å². The summed E-state index contributed by atoms with van der Waals surface area (Å²) in [6, 6.07) is 4.73. The first kappa shape index (κ1) is 16.0. The number of hydrogen-bond acceptors (Lipinski definition) is 6. The topological polar surface area (TPSA) is 138 Å². The predicted octanol–water partition coefficient (Wildman–Crippen LogP) is 1.25. The zero-order valence-electron chi connectivity index (χ0n) is 12.0. The molecule has 0 fully saturated rings. The molecule has 0 aliphatic rings. The first-order valence-corrected chi connectivity index (χ1v) is 6.58. The average Bonchev–Trinajstić information content (AvgIpc) is 2.47. The lowest BCUT2D eigenvalue weighted by Crippen LogP contribution is -2.25. The number of phenolic OH excluding ortho intramolecular Hbond substituents is 1. The van der Waals surface area contributed by atoms with E-state index in [0.717, 1.165) is 0 Å². The lowest BCUT2D eigenvalue weighted by Gasteiger charge is -2.07. The lowest BCUT2D eigenvalue weighted by molar-refractivity contribution is -0.386. The van der Waals surface area contributed by atoms with E-state index in [-0.39, 0.29) is 17.2 Å². The number of aromatic nitrogens is 2. The van der Waals surface area contributed by atoms with E-state index in [9.17, 15) is 24.8 Å². The second kappa shape index (κ2) is 6.60. The van der Waals surface area contributed by atoms with Crippen LogP contribution in [0.1, 0.15) is 18.2 Å². The molecule has 0 spiro atoms. The highest BCUT2D eigenvalue weighted by Crippen LogP contribution is 2.31. The maximum atomic E-state index is 11.5. The zero-order valence-corrected chi connectivity index (χ0v) is 12.0. The van der Waals surface area contributed by atoms with E-state index in [1.807, 2.05) is 0 Å². The van der Waals surface area contributed by atoms with Crippen LogP contribution in [0.5, 0.6) is 11.5 Å². The smallest absolute Gasteiger partial charge is 0.357 e. The minimum atomic E-state index is -1.11. The van der Waals surface area contributed by atoms with Gasteiger partial charge in [0.25, 0.3) is 0 Å². The lowest BCUT2D eigenvalue weighted by atomic mass is 10.1. The van der Waals surface area contributed by atoms with Gasteiger partial charge in [0, 0.05) is 5.56 Å². The molecule has 2 rings (SSSR count). The quantitative estimate of drug-likeness (QED) is 0.560. The summed E-state index contributed by atoms with van der Waals surface area (Å²) in [5, 5.41) is 21.0. The van der Waals surface area contributed by atoms with E-state index in [2.05, 4.69) is 4.98 Å². The van der Waals surface area contributed by atoms with Crippen LogP contribution < -0.4 is 16.0 Å². The number of nitrogens with zero attached hydrogens (tertiary/aromatic N) is 1. The Morgan fingerprint density at radius 3 is 2.70 bits per heavy atom. The number of para-hydroxylation sites is 1. The highest BCUT2D eigenvalue weighted by atomic mass is 16.6. The summed E-state index contributed by atoms with van der Waals surface area (Å²) in [4.78, 5) is 36.8. The number of benzene rings is 1. The van der Waals surface area contributed by atoms with Crippen molar-refractivity contribution in [1.29, 1.82) is 0 Å². The Morgan fingerprint density at radius 2 is 2.04 bits per heavy atom. The Balaban J connectivity index is 2.50. The van der Waals surface area contributed by atoms with Crippen LogP contribution >= 0.6 is 0 Å². The Kier molecular flexibility index (Phi) is 4.60. The van der Waals surface area contributed by atoms with Gasteiger partial charge in [-0.1, -0.05) is 12.1 Å². The number of aromatic amines is 2. The fourth-order valence-electron chi connectivity index (χ4n) is 1.92. The number of ether oxygens (including phenoxy) is 1. The van der Waals surface area contributed by atoms with E-state index < -0.39 is 21.9 Å². The van der Waals surface area contributed by atoms with Crippen molar-refractivity contribution >= 4 is 17.8 Å². The number of H-pyrrole nitrogens is 2. The van der Waals surface area contributed by atoms with Crippen LogP contribution in [-0.2, 0) is 0 Å². The van der Waals surface area contributed by atoms with Gasteiger partial charge in [-0.25, -0.2) is 4.79 Å². The van der Waals surface area contributed by atoms with Crippen molar-refractivity contribution < 1.29 is 14.8 Å². The molecular weight excluding hydrogens is 306 g/mol. The summed E-state index contributed by atoms with van der Waals surface area (Å²) < 4.78 is 5.22. The summed E-state index contributed by atoms with van der Waals surface area (Å²) in [6.07, 6.45) is 2.50. The van der Waals surface area contributed by atoms with Gasteiger partial charge in [0.05, 0.1) is 11.5 Å². The minimum absolute atomic E-state index is 0.152. The highest BCUT2D eigenvalue weighted by Gasteiger charge is 2.19. The van der Waals surface area contributed by atoms with Gasteiger partial charge in [-0.05, 0) is 25.1 Å². The molecule has 23 heavy (non-hydrogen) atoms. The van der Waals surface area contributed by atoms with Crippen molar-refractivity contribution in [3.8, 4) is 11.5 Å². The van der Waals surface area contributed by atoms with Crippen LogP contribution in [0, 0.1) is 10.1 Å². The molecule has 0 unspecified atom stereocenters. The maximum Gasteiger partial charge on any atom is 0.357 e. The van der Waals surface area contributed by atoms with Gasteiger partial charge in [0.15, 0.2) is 11.5 Å². The van der Waals surface area contributed by atoms with Crippen molar-refractivity contribution in [3.63, 3.8) is 0 Å². The van der Waals surface area contributed by atoms with Crippen LogP contribution in [-0.4, -0.2) is 26.6 Å². The number of phenols is 1. The van der Waals surface area contributed by atoms with E-state index in [1.165, 1.54) is 12.2 Å². The van der Waals surface area contributed by atoms with Crippen LogP contribution in [0.25, 0.3) is 12.2 Å². The second-order valence-electron chi connectivity index (χ2n) is 4.39. The molecule has 1 heterocycles. The monoisotopic (exact) mass is 319 g/mol. The third-order valence-corrected chi connectivity index (χ3v) is 2.89. The molecular formula is C14H13N3O6. The number of nitrogens with one attached hydrogen (secondary N) is 2. The molecule has 9 nitrogen and oxygen atoms in total. The van der Waals surface area contributed by atoms with E-state index in [4.69, 9.17) is 4.74 Å². The maximum absolute atomic E-state index is 11.5. The van der Waals surface area contributed by atoms with Gasteiger partial charge >= 0.3 is 16.9 Å². The highest BCUT2D eigenvalue weighted by molar-refractivity contribution is 5.75. The fourth-order valence-corrected chi connectivity index (χ4v) is 1.92. The molecule has 120 valence electrons. The van der Waals surface area contributed by atoms with Gasteiger partial charge in [0.2, 0.25) is 0 Å². The minimum Gasteiger partial charge on any atom is -0.504 e. The molecule has 3 N–H and O–H groups in total. The largest absolute Gasteiger partial charge is 0.504 e. The second-order valence-corrected chi connectivity index (χ2v) is 4.39. The van der Waals surface area contributed by atoms with Crippen molar-refractivity contribution in [2.45, 2.75) is 6.92 Å². The number of nitro groups is 1. The summed E-state index contributed by atoms with van der Waals surface area (Å²) in [5.41, 5.74) is -2.73. The van der Waals surface area contributed by atoms with Crippen LogP contribution in [0.2, 0.25) is 0 Å². The summed E-state index contributed by atoms with van der Waals surface area (Å²) >= 11 is 0. The Morgan fingerprint density at radius 1 is 1.30 bits per heavy atom. The molecule has 0 saturated heterocycles. The third-order valence-electron chi connectivity index (χ3n) is 2.89. The summed E-state index contributed by atoms with van der Waals surface area (Å²) in [7, 11) is 0. The van der Waals surface area contributed by atoms with Crippen molar-refractivity contribution in [2.24, 2.45) is 0 Å². The Hall–Kier alpha value is -3.36. The van der Waals surface area contributed by atoms with Crippen molar-refractivity contribution in [1.82, 2.24) is 9.97 Å². The third kappa shape index (κ3) is 3.46. The SMILES string of the molecule is CCOc1cccc(C=Cc2[nH]c(=O)[nH]c(=O)c2[N+](=O)[O-])c1O. The zero-order chi connectivity index (χ0) is 17.0. The van der Waals surface area contributed by atoms with E-state index >= 15 is 0 Å². The van der Waals surface area contributed by atoms with Gasteiger partial charge in [-0.3, -0.25) is 19.9 Å². The van der Waals surface area contributed by atoms with Gasteiger partial charge < -0.3 is 14.8 Å². The number of rotatable bonds is 5. The van der Waals surface area contributed by atoms with Crippen molar-refractivity contribution in [2.75, 3.05) is 6.61 Å². The molecule has 2 aromatic rings. The molecule has 9 heteroatoms. The fraction of sp³-hybridized carbons (Fsp3) is 0.143. The molecule has 0 aliphatic heterocycles. The molecule has 1 aromatic carbocycles. The predicted molar refractivity (Wildman–Crippen MR) is 82.5 cm³/mol. The van der Waals surface area contributed by atoms with E-state index in [1.54, 1.807) is 30.1 Å². The average molecular weight is 319 g/mol. The summed E-state index contributed by atoms with van der Waals surface area (Å²) in [5.74, 6) is 0.101. The Labute approximate surface area is 129 Å². The molecule has 0 amide bonds. The first-order chi connectivity index (χ1) is 10.9. The van der Waals surface area contributed by atoms with Crippen LogP contribution in [0.15, 0.2) is 27.8 Å². The normalized spacial score (nSPS) is 10.8. The van der Waals surface area contributed by atoms with Gasteiger partial charge in [-0.2, -0.15) is 0 Å². The molecule has 0 radical (unpaired) electrons. The number of hydrogen-bond donors (Lipinski definition) is 3. The molecule has 0 aliphatic carbocycles. The van der Waals surface area contributed by atoms with Gasteiger partial charge in [0.1, 0.15) is 5.69 Å². The first-order valence-electron chi connectivity index (χ1n) is 6.58. The number of aromatic hydroxyl groups is 1. The van der Waals surface area contributed by atoms with Crippen LogP contribution in [0.3, 0.4) is 0 Å². The molecule has 1 aromatic heterocycles.